The van der Waals surface area contributed by atoms with Crippen molar-refractivity contribution in [2.75, 3.05) is 31.2 Å². The first-order valence-electron chi connectivity index (χ1n) is 12.0. The second-order valence-electron chi connectivity index (χ2n) is 8.84. The summed E-state index contributed by atoms with van der Waals surface area (Å²) in [6.07, 6.45) is 1.29. The van der Waals surface area contributed by atoms with Crippen molar-refractivity contribution >= 4 is 29.0 Å². The second-order valence-corrected chi connectivity index (χ2v) is 8.84. The number of nitrogens with zero attached hydrogens (tertiary/aromatic N) is 2. The van der Waals surface area contributed by atoms with Crippen LogP contribution in [0.25, 0.3) is 5.76 Å². The van der Waals surface area contributed by atoms with E-state index in [0.717, 1.165) is 12.8 Å². The van der Waals surface area contributed by atoms with Crippen molar-refractivity contribution in [1.82, 2.24) is 4.90 Å². The number of fused-ring (bicyclic) bond motifs is 2. The van der Waals surface area contributed by atoms with Gasteiger partial charge < -0.3 is 24.4 Å². The number of ketones is 1. The minimum absolute atomic E-state index is 0.0856. The predicted octanol–water partition coefficient (Wildman–Crippen LogP) is 3.21. The highest BCUT2D eigenvalue weighted by molar-refractivity contribution is 6.50. The molecule has 8 nitrogen and oxygen atoms in total. The number of carbonyl (C=O) groups is 3. The maximum atomic E-state index is 14.2. The molecule has 0 aliphatic carbocycles. The molecule has 3 aliphatic rings. The topological polar surface area (TPSA) is 96.4 Å². The maximum Gasteiger partial charge on any atom is 0.296 e. The molecule has 2 saturated heterocycles. The standard InChI is InChI=1S/C27H28N2O6/c1-3-28-21-10-6-5-9-20(21)27(26(28)33)22(23(30)17-11-13-18(14-12-17)34-4-2)24(31)25(32)29(27)16-19-8-7-15-35-19/h5-6,9-14,19,30H,3-4,7-8,15-16H2,1-2H3/t19-,27+/m1/s1. The number of ether oxygens (including phenoxy) is 2. The Morgan fingerprint density at radius 2 is 1.86 bits per heavy atom. The van der Waals surface area contributed by atoms with Gasteiger partial charge in [-0.15, -0.1) is 0 Å². The fourth-order valence-corrected chi connectivity index (χ4v) is 5.44. The zero-order valence-electron chi connectivity index (χ0n) is 19.8. The molecule has 3 heterocycles. The van der Waals surface area contributed by atoms with Crippen molar-refractivity contribution in [2.24, 2.45) is 0 Å². The summed E-state index contributed by atoms with van der Waals surface area (Å²) in [6.45, 7) is 5.20. The molecule has 2 aromatic rings. The third-order valence-electron chi connectivity index (χ3n) is 6.97. The van der Waals surface area contributed by atoms with Gasteiger partial charge >= 0.3 is 0 Å². The van der Waals surface area contributed by atoms with Gasteiger partial charge in [0.05, 0.1) is 24.0 Å². The molecule has 1 spiro atoms. The number of rotatable bonds is 6. The fraction of sp³-hybridized carbons (Fsp3) is 0.370. The van der Waals surface area contributed by atoms with Crippen LogP contribution in [0.5, 0.6) is 5.75 Å². The summed E-state index contributed by atoms with van der Waals surface area (Å²) < 4.78 is 11.3. The summed E-state index contributed by atoms with van der Waals surface area (Å²) in [6, 6.07) is 13.7. The normalized spacial score (nSPS) is 25.1. The number of aliphatic hydroxyl groups is 1. The molecule has 0 saturated carbocycles. The minimum atomic E-state index is -1.75. The molecule has 182 valence electrons. The van der Waals surface area contributed by atoms with Crippen LogP contribution in [0.4, 0.5) is 5.69 Å². The highest BCUT2D eigenvalue weighted by Crippen LogP contribution is 2.53. The van der Waals surface area contributed by atoms with Crippen LogP contribution in [0.15, 0.2) is 54.1 Å². The lowest BCUT2D eigenvalue weighted by atomic mass is 9.81. The number of aliphatic hydroxyl groups excluding tert-OH is 1. The van der Waals surface area contributed by atoms with Gasteiger partial charge in [-0.25, -0.2) is 0 Å². The van der Waals surface area contributed by atoms with Gasteiger partial charge in [0.15, 0.2) is 5.54 Å². The average molecular weight is 477 g/mol. The number of benzene rings is 2. The van der Waals surface area contributed by atoms with Gasteiger partial charge in [-0.1, -0.05) is 18.2 Å². The van der Waals surface area contributed by atoms with Crippen LogP contribution in [0.1, 0.15) is 37.8 Å². The largest absolute Gasteiger partial charge is 0.507 e. The maximum absolute atomic E-state index is 14.2. The quantitative estimate of drug-likeness (QED) is 0.391. The molecule has 2 atom stereocenters. The smallest absolute Gasteiger partial charge is 0.296 e. The highest BCUT2D eigenvalue weighted by atomic mass is 16.5. The van der Waals surface area contributed by atoms with Crippen molar-refractivity contribution in [3.8, 4) is 5.75 Å². The summed E-state index contributed by atoms with van der Waals surface area (Å²) in [5, 5.41) is 11.5. The Hall–Kier alpha value is -3.65. The molecule has 0 aromatic heterocycles. The Morgan fingerprint density at radius 3 is 2.51 bits per heavy atom. The lowest BCUT2D eigenvalue weighted by molar-refractivity contribution is -0.145. The molecule has 8 heteroatoms. The Balaban J connectivity index is 1.74. The first kappa shape index (κ1) is 23.1. The molecule has 3 aliphatic heterocycles. The zero-order chi connectivity index (χ0) is 24.7. The van der Waals surface area contributed by atoms with Gasteiger partial charge in [0, 0.05) is 30.8 Å². The average Bonchev–Trinajstić information content (AvgIpc) is 3.53. The number of amides is 2. The van der Waals surface area contributed by atoms with E-state index in [1.807, 2.05) is 19.9 Å². The van der Waals surface area contributed by atoms with Gasteiger partial charge in [-0.3, -0.25) is 14.4 Å². The number of anilines is 1. The molecule has 2 amide bonds. The fourth-order valence-electron chi connectivity index (χ4n) is 5.44. The number of Topliss-reactive ketones (excluding diaryl/α,β-unsaturated/α-hetero) is 1. The van der Waals surface area contributed by atoms with Gasteiger partial charge in [0.1, 0.15) is 11.5 Å². The Labute approximate surface area is 203 Å². The van der Waals surface area contributed by atoms with E-state index in [1.165, 1.54) is 4.90 Å². The molecule has 0 radical (unpaired) electrons. The van der Waals surface area contributed by atoms with Gasteiger partial charge in [-0.2, -0.15) is 0 Å². The Morgan fingerprint density at radius 1 is 1.11 bits per heavy atom. The van der Waals surface area contributed by atoms with Crippen LogP contribution < -0.4 is 9.64 Å². The molecule has 0 unspecified atom stereocenters. The van der Waals surface area contributed by atoms with Crippen molar-refractivity contribution in [2.45, 2.75) is 38.3 Å². The molecule has 35 heavy (non-hydrogen) atoms. The molecule has 1 N–H and O–H groups in total. The number of hydrogen-bond donors (Lipinski definition) is 1. The number of para-hydroxylation sites is 1. The molecule has 5 rings (SSSR count). The van der Waals surface area contributed by atoms with Crippen LogP contribution in [-0.4, -0.2) is 60.0 Å². The lowest BCUT2D eigenvalue weighted by Gasteiger charge is -2.35. The van der Waals surface area contributed by atoms with Gasteiger partial charge in [-0.05, 0) is 57.0 Å². The summed E-state index contributed by atoms with van der Waals surface area (Å²) in [5.41, 5.74) is -0.510. The van der Waals surface area contributed by atoms with Crippen molar-refractivity contribution in [1.29, 1.82) is 0 Å². The Bertz CT molecular complexity index is 1210. The molecular formula is C27H28N2O6. The van der Waals surface area contributed by atoms with Gasteiger partial charge in [0.25, 0.3) is 17.6 Å². The third-order valence-corrected chi connectivity index (χ3v) is 6.97. The minimum Gasteiger partial charge on any atom is -0.507 e. The SMILES string of the molecule is CCOc1ccc(C(O)=C2C(=O)C(=O)N(C[C@H]3CCCO3)[C@]23C(=O)N(CC)c2ccccc23)cc1. The predicted molar refractivity (Wildman–Crippen MR) is 129 cm³/mol. The van der Waals surface area contributed by atoms with E-state index >= 15 is 0 Å². The zero-order valence-corrected chi connectivity index (χ0v) is 19.8. The van der Waals surface area contributed by atoms with Crippen LogP contribution in [-0.2, 0) is 24.7 Å². The van der Waals surface area contributed by atoms with Crippen LogP contribution >= 0.6 is 0 Å². The van der Waals surface area contributed by atoms with Gasteiger partial charge in [0.2, 0.25) is 0 Å². The molecule has 2 aromatic carbocycles. The van der Waals surface area contributed by atoms with E-state index in [2.05, 4.69) is 0 Å². The summed E-state index contributed by atoms with van der Waals surface area (Å²) in [7, 11) is 0. The highest BCUT2D eigenvalue weighted by Gasteiger charge is 2.67. The van der Waals surface area contributed by atoms with Crippen LogP contribution in [0.2, 0.25) is 0 Å². The summed E-state index contributed by atoms with van der Waals surface area (Å²) >= 11 is 0. The van der Waals surface area contributed by atoms with E-state index in [0.29, 0.717) is 42.3 Å². The van der Waals surface area contributed by atoms with Crippen LogP contribution in [0.3, 0.4) is 0 Å². The van der Waals surface area contributed by atoms with E-state index in [9.17, 15) is 19.5 Å². The van der Waals surface area contributed by atoms with E-state index in [1.54, 1.807) is 47.4 Å². The second kappa shape index (κ2) is 8.85. The van der Waals surface area contributed by atoms with Crippen molar-refractivity contribution in [3.63, 3.8) is 0 Å². The van der Waals surface area contributed by atoms with E-state index < -0.39 is 23.1 Å². The first-order valence-corrected chi connectivity index (χ1v) is 12.0. The lowest BCUT2D eigenvalue weighted by Crippen LogP contribution is -2.53. The van der Waals surface area contributed by atoms with Crippen molar-refractivity contribution < 1.29 is 29.0 Å². The molecular weight excluding hydrogens is 448 g/mol. The summed E-state index contributed by atoms with van der Waals surface area (Å²) in [4.78, 5) is 44.1. The molecule has 2 fully saturated rings. The summed E-state index contributed by atoms with van der Waals surface area (Å²) in [5.74, 6) is -1.89. The number of carbonyl (C=O) groups excluding carboxylic acids is 3. The molecule has 0 bridgehead atoms. The monoisotopic (exact) mass is 476 g/mol. The number of likely N-dealkylation sites (tertiary alicyclic amines) is 1. The van der Waals surface area contributed by atoms with Crippen LogP contribution in [0, 0.1) is 0 Å². The number of likely N-dealkylation sites (N-methyl/N-ethyl adjacent to an activating group) is 1. The van der Waals surface area contributed by atoms with Crippen molar-refractivity contribution in [3.05, 3.63) is 65.2 Å². The third kappa shape index (κ3) is 3.35. The van der Waals surface area contributed by atoms with E-state index in [-0.39, 0.29) is 24.0 Å². The van der Waals surface area contributed by atoms with E-state index in [4.69, 9.17) is 9.47 Å². The number of hydrogen-bond acceptors (Lipinski definition) is 6. The Kier molecular flexibility index (Phi) is 5.84. The first-order chi connectivity index (χ1) is 16.9.